The summed E-state index contributed by atoms with van der Waals surface area (Å²) in [5.74, 6) is 0. The van der Waals surface area contributed by atoms with E-state index in [1.807, 2.05) is 0 Å². The lowest BCUT2D eigenvalue weighted by Gasteiger charge is -2.42. The van der Waals surface area contributed by atoms with Gasteiger partial charge in [-0.1, -0.05) is 64.1 Å². The zero-order valence-corrected chi connectivity index (χ0v) is 14.3. The molecule has 0 radical (unpaired) electrons. The average Bonchev–Trinajstić information content (AvgIpc) is 2.10. The first-order valence-electron chi connectivity index (χ1n) is 6.09. The van der Waals surface area contributed by atoms with Crippen LogP contribution in [-0.2, 0) is 4.43 Å². The van der Waals surface area contributed by atoms with Crippen molar-refractivity contribution in [3.05, 3.63) is 0 Å². The third-order valence-corrected chi connectivity index (χ3v) is 10.2. The van der Waals surface area contributed by atoms with Crippen molar-refractivity contribution in [2.24, 2.45) is 0 Å². The summed E-state index contributed by atoms with van der Waals surface area (Å²) in [4.78, 5) is 0. The summed E-state index contributed by atoms with van der Waals surface area (Å²) in [5.41, 5.74) is 2.14. The SMILES string of the molecule is CC(C)[Si](OCCCI)(C(C)C)C(C)C. The van der Waals surface area contributed by atoms with Crippen LogP contribution in [-0.4, -0.2) is 19.4 Å². The van der Waals surface area contributed by atoms with E-state index in [0.29, 0.717) is 16.6 Å². The van der Waals surface area contributed by atoms with Crippen molar-refractivity contribution in [2.45, 2.75) is 64.6 Å². The van der Waals surface area contributed by atoms with Gasteiger partial charge in [0.15, 0.2) is 8.32 Å². The van der Waals surface area contributed by atoms with Crippen molar-refractivity contribution >= 4 is 30.9 Å². The molecule has 0 aliphatic rings. The van der Waals surface area contributed by atoms with E-state index in [9.17, 15) is 0 Å². The lowest BCUT2D eigenvalue weighted by atomic mass is 10.5. The van der Waals surface area contributed by atoms with Crippen molar-refractivity contribution in [3.8, 4) is 0 Å². The minimum atomic E-state index is -1.57. The third kappa shape index (κ3) is 4.00. The summed E-state index contributed by atoms with van der Waals surface area (Å²) in [6.45, 7) is 15.0. The van der Waals surface area contributed by atoms with Gasteiger partial charge in [-0.25, -0.2) is 0 Å². The molecule has 0 heterocycles. The Bertz CT molecular complexity index is 147. The van der Waals surface area contributed by atoms with Gasteiger partial charge in [0.25, 0.3) is 0 Å². The molecule has 0 aromatic carbocycles. The van der Waals surface area contributed by atoms with E-state index in [0.717, 1.165) is 6.61 Å². The first-order chi connectivity index (χ1) is 6.89. The number of halogens is 1. The van der Waals surface area contributed by atoms with Crippen LogP contribution in [0, 0.1) is 0 Å². The molecule has 0 aromatic rings. The molecule has 0 rings (SSSR count). The van der Waals surface area contributed by atoms with E-state index in [4.69, 9.17) is 4.43 Å². The van der Waals surface area contributed by atoms with Gasteiger partial charge in [-0.15, -0.1) is 0 Å². The van der Waals surface area contributed by atoms with Crippen LogP contribution in [0.5, 0.6) is 0 Å². The molecular formula is C12H27IOSi. The molecule has 0 saturated carbocycles. The monoisotopic (exact) mass is 342 g/mol. The Morgan fingerprint density at radius 1 is 0.933 bits per heavy atom. The van der Waals surface area contributed by atoms with Gasteiger partial charge < -0.3 is 4.43 Å². The van der Waals surface area contributed by atoms with Gasteiger partial charge in [0.2, 0.25) is 0 Å². The minimum absolute atomic E-state index is 0.715. The first kappa shape index (κ1) is 15.9. The molecule has 0 unspecified atom stereocenters. The first-order valence-corrected chi connectivity index (χ1v) is 9.76. The summed E-state index contributed by atoms with van der Waals surface area (Å²) in [5, 5.41) is 0. The Morgan fingerprint density at radius 3 is 1.60 bits per heavy atom. The Labute approximate surface area is 111 Å². The van der Waals surface area contributed by atoms with Crippen molar-refractivity contribution < 1.29 is 4.43 Å². The van der Waals surface area contributed by atoms with Gasteiger partial charge in [0, 0.05) is 11.0 Å². The van der Waals surface area contributed by atoms with Crippen LogP contribution in [0.1, 0.15) is 48.0 Å². The predicted octanol–water partition coefficient (Wildman–Crippen LogP) is 5.00. The number of rotatable bonds is 7. The Kier molecular flexibility index (Phi) is 7.71. The molecule has 92 valence electrons. The molecule has 0 aliphatic carbocycles. The predicted molar refractivity (Wildman–Crippen MR) is 80.5 cm³/mol. The molecule has 15 heavy (non-hydrogen) atoms. The maximum atomic E-state index is 6.39. The van der Waals surface area contributed by atoms with Crippen molar-refractivity contribution in [2.75, 3.05) is 11.0 Å². The summed E-state index contributed by atoms with van der Waals surface area (Å²) in [7, 11) is -1.57. The lowest BCUT2D eigenvalue weighted by Crippen LogP contribution is -2.48. The molecule has 1 nitrogen and oxygen atoms in total. The second-order valence-electron chi connectivity index (χ2n) is 5.21. The smallest absolute Gasteiger partial charge is 0.200 e. The quantitative estimate of drug-likeness (QED) is 0.274. The number of hydrogen-bond acceptors (Lipinski definition) is 1. The van der Waals surface area contributed by atoms with Gasteiger partial charge >= 0.3 is 0 Å². The summed E-state index contributed by atoms with van der Waals surface area (Å²) >= 11 is 2.43. The van der Waals surface area contributed by atoms with E-state index in [1.54, 1.807) is 0 Å². The maximum Gasteiger partial charge on any atom is 0.200 e. The van der Waals surface area contributed by atoms with Gasteiger partial charge in [-0.3, -0.25) is 0 Å². The molecular weight excluding hydrogens is 315 g/mol. The molecule has 0 aliphatic heterocycles. The van der Waals surface area contributed by atoms with Crippen LogP contribution in [0.2, 0.25) is 16.6 Å². The largest absolute Gasteiger partial charge is 0.416 e. The average molecular weight is 342 g/mol. The molecule has 0 saturated heterocycles. The van der Waals surface area contributed by atoms with E-state index in [-0.39, 0.29) is 0 Å². The van der Waals surface area contributed by atoms with Crippen LogP contribution in [0.3, 0.4) is 0 Å². The Balaban J connectivity index is 4.65. The fourth-order valence-corrected chi connectivity index (χ4v) is 8.61. The molecule has 3 heteroatoms. The highest BCUT2D eigenvalue weighted by Gasteiger charge is 2.44. The van der Waals surface area contributed by atoms with Crippen LogP contribution < -0.4 is 0 Å². The summed E-state index contributed by atoms with van der Waals surface area (Å²) < 4.78 is 7.59. The van der Waals surface area contributed by atoms with Crippen LogP contribution in [0.25, 0.3) is 0 Å². The van der Waals surface area contributed by atoms with E-state index in [1.165, 1.54) is 10.8 Å². The van der Waals surface area contributed by atoms with E-state index >= 15 is 0 Å². The standard InChI is InChI=1S/C12H27IOSi/c1-10(2)15(11(3)4,12(5)6)14-9-7-8-13/h10-12H,7-9H2,1-6H3. The molecule has 0 aromatic heterocycles. The Hall–Kier alpha value is 0.907. The number of alkyl halides is 1. The molecule has 0 amide bonds. The highest BCUT2D eigenvalue weighted by atomic mass is 127. The topological polar surface area (TPSA) is 9.23 Å². The van der Waals surface area contributed by atoms with E-state index in [2.05, 4.69) is 64.1 Å². The molecule has 0 spiro atoms. The second kappa shape index (κ2) is 7.28. The fourth-order valence-electron chi connectivity index (χ4n) is 2.80. The van der Waals surface area contributed by atoms with Crippen molar-refractivity contribution in [1.29, 1.82) is 0 Å². The minimum Gasteiger partial charge on any atom is -0.416 e. The van der Waals surface area contributed by atoms with Crippen molar-refractivity contribution in [3.63, 3.8) is 0 Å². The van der Waals surface area contributed by atoms with Gasteiger partial charge in [0.05, 0.1) is 0 Å². The summed E-state index contributed by atoms with van der Waals surface area (Å²) in [6, 6.07) is 0. The second-order valence-corrected chi connectivity index (χ2v) is 11.7. The number of hydrogen-bond donors (Lipinski definition) is 0. The molecule has 0 N–H and O–H groups in total. The van der Waals surface area contributed by atoms with Gasteiger partial charge in [-0.2, -0.15) is 0 Å². The van der Waals surface area contributed by atoms with Gasteiger partial charge in [0.1, 0.15) is 0 Å². The lowest BCUT2D eigenvalue weighted by molar-refractivity contribution is 0.279. The van der Waals surface area contributed by atoms with Crippen LogP contribution in [0.4, 0.5) is 0 Å². The highest BCUT2D eigenvalue weighted by molar-refractivity contribution is 14.1. The zero-order chi connectivity index (χ0) is 12.1. The van der Waals surface area contributed by atoms with Crippen molar-refractivity contribution in [1.82, 2.24) is 0 Å². The van der Waals surface area contributed by atoms with Crippen LogP contribution >= 0.6 is 22.6 Å². The maximum absolute atomic E-state index is 6.39. The zero-order valence-electron chi connectivity index (χ0n) is 11.1. The third-order valence-electron chi connectivity index (χ3n) is 3.34. The Morgan fingerprint density at radius 2 is 1.33 bits per heavy atom. The highest BCUT2D eigenvalue weighted by Crippen LogP contribution is 2.42. The molecule has 0 atom stereocenters. The van der Waals surface area contributed by atoms with E-state index < -0.39 is 8.32 Å². The normalized spacial score (nSPS) is 13.2. The summed E-state index contributed by atoms with van der Waals surface area (Å²) in [6.07, 6.45) is 1.20. The molecule has 0 bridgehead atoms. The van der Waals surface area contributed by atoms with Gasteiger partial charge in [-0.05, 0) is 23.0 Å². The fraction of sp³-hybridized carbons (Fsp3) is 1.00. The van der Waals surface area contributed by atoms with Crippen LogP contribution in [0.15, 0.2) is 0 Å². The molecule has 0 fully saturated rings.